The minimum Gasteiger partial charge on any atom is -0.317 e. The Kier molecular flexibility index (Phi) is 3.97. The number of aryl methyl sites for hydroxylation is 1. The van der Waals surface area contributed by atoms with Gasteiger partial charge in [0.05, 0.1) is 0 Å². The van der Waals surface area contributed by atoms with Gasteiger partial charge in [0.25, 0.3) is 0 Å². The first-order valence-electron chi connectivity index (χ1n) is 7.35. The Labute approximate surface area is 124 Å². The van der Waals surface area contributed by atoms with Crippen molar-refractivity contribution in [3.63, 3.8) is 0 Å². The molecule has 0 aliphatic carbocycles. The maximum absolute atomic E-state index is 3.55. The molecule has 1 aromatic rings. The fourth-order valence-electron chi connectivity index (χ4n) is 3.61. The highest BCUT2D eigenvalue weighted by Gasteiger charge is 2.38. The van der Waals surface area contributed by atoms with E-state index in [9.17, 15) is 0 Å². The zero-order valence-corrected chi connectivity index (χ0v) is 13.3. The molecular weight excluding hydrogens is 300 g/mol. The molecule has 0 unspecified atom stereocenters. The summed E-state index contributed by atoms with van der Waals surface area (Å²) in [6.07, 6.45) is 4.12. The Bertz CT molecular complexity index is 452. The highest BCUT2D eigenvalue weighted by atomic mass is 79.9. The first kappa shape index (κ1) is 13.6. The van der Waals surface area contributed by atoms with Gasteiger partial charge in [-0.2, -0.15) is 0 Å². The minimum absolute atomic E-state index is 0.620. The van der Waals surface area contributed by atoms with Crippen LogP contribution in [0.1, 0.15) is 30.4 Å². The van der Waals surface area contributed by atoms with E-state index in [1.54, 1.807) is 0 Å². The molecule has 0 bridgehead atoms. The van der Waals surface area contributed by atoms with Crippen molar-refractivity contribution in [2.45, 2.75) is 32.7 Å². The third-order valence-corrected chi connectivity index (χ3v) is 5.37. The van der Waals surface area contributed by atoms with Crippen molar-refractivity contribution in [1.82, 2.24) is 10.2 Å². The van der Waals surface area contributed by atoms with Gasteiger partial charge in [0.15, 0.2) is 0 Å². The topological polar surface area (TPSA) is 15.3 Å². The number of hydrogen-bond acceptors (Lipinski definition) is 2. The fraction of sp³-hybridized carbons (Fsp3) is 0.625. The van der Waals surface area contributed by atoms with Crippen molar-refractivity contribution < 1.29 is 0 Å². The Morgan fingerprint density at radius 1 is 1.26 bits per heavy atom. The van der Waals surface area contributed by atoms with Gasteiger partial charge in [-0.25, -0.2) is 0 Å². The highest BCUT2D eigenvalue weighted by molar-refractivity contribution is 9.10. The summed E-state index contributed by atoms with van der Waals surface area (Å²) in [5.41, 5.74) is 3.50. The molecule has 2 fully saturated rings. The molecule has 2 heterocycles. The zero-order chi connectivity index (χ0) is 13.3. The number of hydrogen-bond donors (Lipinski definition) is 1. The molecule has 2 nitrogen and oxygen atoms in total. The third-order valence-electron chi connectivity index (χ3n) is 4.88. The van der Waals surface area contributed by atoms with Crippen LogP contribution in [-0.2, 0) is 6.54 Å². The molecule has 1 aromatic carbocycles. The van der Waals surface area contributed by atoms with E-state index in [4.69, 9.17) is 0 Å². The molecule has 3 heteroatoms. The second kappa shape index (κ2) is 5.55. The van der Waals surface area contributed by atoms with Crippen LogP contribution in [0.5, 0.6) is 0 Å². The predicted molar refractivity (Wildman–Crippen MR) is 83.3 cm³/mol. The molecule has 3 rings (SSSR count). The quantitative estimate of drug-likeness (QED) is 0.898. The molecule has 19 heavy (non-hydrogen) atoms. The Morgan fingerprint density at radius 2 is 2.05 bits per heavy atom. The van der Waals surface area contributed by atoms with E-state index in [1.165, 1.54) is 61.0 Å². The number of likely N-dealkylation sites (tertiary alicyclic amines) is 1. The van der Waals surface area contributed by atoms with Crippen LogP contribution in [0.3, 0.4) is 0 Å². The molecule has 0 saturated carbocycles. The summed E-state index contributed by atoms with van der Waals surface area (Å²) in [6.45, 7) is 8.33. The van der Waals surface area contributed by atoms with E-state index in [0.29, 0.717) is 5.41 Å². The summed E-state index contributed by atoms with van der Waals surface area (Å²) in [4.78, 5) is 2.65. The second-order valence-corrected chi connectivity index (χ2v) is 7.20. The number of piperidine rings is 1. The largest absolute Gasteiger partial charge is 0.317 e. The lowest BCUT2D eigenvalue weighted by Gasteiger charge is -2.34. The maximum Gasteiger partial charge on any atom is 0.0236 e. The summed E-state index contributed by atoms with van der Waals surface area (Å²) < 4.78 is 1.19. The molecule has 2 aliphatic heterocycles. The molecule has 1 N–H and O–H groups in total. The van der Waals surface area contributed by atoms with Gasteiger partial charge in [-0.1, -0.05) is 22.0 Å². The summed E-state index contributed by atoms with van der Waals surface area (Å²) >= 11 is 3.55. The van der Waals surface area contributed by atoms with Crippen LogP contribution in [0.4, 0.5) is 0 Å². The van der Waals surface area contributed by atoms with Crippen LogP contribution in [-0.4, -0.2) is 31.1 Å². The van der Waals surface area contributed by atoms with E-state index in [2.05, 4.69) is 51.3 Å². The normalized spacial score (nSPS) is 23.1. The maximum atomic E-state index is 3.55. The van der Waals surface area contributed by atoms with E-state index < -0.39 is 0 Å². The summed E-state index contributed by atoms with van der Waals surface area (Å²) in [6, 6.07) is 6.66. The van der Waals surface area contributed by atoms with Crippen molar-refractivity contribution in [2.24, 2.45) is 5.41 Å². The van der Waals surface area contributed by atoms with Gasteiger partial charge in [-0.05, 0) is 74.5 Å². The van der Waals surface area contributed by atoms with Crippen molar-refractivity contribution in [1.29, 1.82) is 0 Å². The van der Waals surface area contributed by atoms with Crippen LogP contribution in [0.2, 0.25) is 0 Å². The lowest BCUT2D eigenvalue weighted by atomic mass is 9.78. The number of nitrogens with zero attached hydrogens (tertiary/aromatic N) is 1. The Morgan fingerprint density at radius 3 is 2.79 bits per heavy atom. The van der Waals surface area contributed by atoms with Crippen LogP contribution in [0.25, 0.3) is 0 Å². The van der Waals surface area contributed by atoms with Crippen molar-refractivity contribution in [3.8, 4) is 0 Å². The molecule has 1 spiro atoms. The zero-order valence-electron chi connectivity index (χ0n) is 11.7. The molecule has 104 valence electrons. The predicted octanol–water partition coefficient (Wildman–Crippen LogP) is 3.33. The summed E-state index contributed by atoms with van der Waals surface area (Å²) in [7, 11) is 0. The van der Waals surface area contributed by atoms with Crippen molar-refractivity contribution in [2.75, 3.05) is 26.2 Å². The molecular formula is C16H23BrN2. The van der Waals surface area contributed by atoms with Gasteiger partial charge in [0, 0.05) is 17.6 Å². The van der Waals surface area contributed by atoms with E-state index >= 15 is 0 Å². The second-order valence-electron chi connectivity index (χ2n) is 6.28. The average Bonchev–Trinajstić information content (AvgIpc) is 2.77. The average molecular weight is 323 g/mol. The van der Waals surface area contributed by atoms with Crippen LogP contribution in [0, 0.1) is 12.3 Å². The lowest BCUT2D eigenvalue weighted by Crippen LogP contribution is -2.38. The molecule has 0 amide bonds. The van der Waals surface area contributed by atoms with Crippen molar-refractivity contribution >= 4 is 15.9 Å². The van der Waals surface area contributed by atoms with Gasteiger partial charge < -0.3 is 5.32 Å². The fourth-order valence-corrected chi connectivity index (χ4v) is 4.08. The third kappa shape index (κ3) is 3.04. The lowest BCUT2D eigenvalue weighted by molar-refractivity contribution is 0.194. The van der Waals surface area contributed by atoms with Gasteiger partial charge in [-0.3, -0.25) is 4.90 Å². The van der Waals surface area contributed by atoms with Gasteiger partial charge in [0.1, 0.15) is 0 Å². The SMILES string of the molecule is Cc1cc(Br)ccc1CN1CCC2(CCNCC2)C1. The van der Waals surface area contributed by atoms with Gasteiger partial charge in [0.2, 0.25) is 0 Å². The molecule has 0 aromatic heterocycles. The monoisotopic (exact) mass is 322 g/mol. The smallest absolute Gasteiger partial charge is 0.0236 e. The first-order chi connectivity index (χ1) is 9.17. The van der Waals surface area contributed by atoms with Crippen LogP contribution in [0.15, 0.2) is 22.7 Å². The van der Waals surface area contributed by atoms with E-state index in [-0.39, 0.29) is 0 Å². The Hall–Kier alpha value is -0.380. The molecule has 2 saturated heterocycles. The molecule has 2 aliphatic rings. The number of nitrogens with one attached hydrogen (secondary N) is 1. The molecule has 0 radical (unpaired) electrons. The van der Waals surface area contributed by atoms with Crippen LogP contribution >= 0.6 is 15.9 Å². The van der Waals surface area contributed by atoms with E-state index in [0.717, 1.165) is 6.54 Å². The number of halogens is 1. The van der Waals surface area contributed by atoms with E-state index in [1.807, 2.05) is 0 Å². The minimum atomic E-state index is 0.620. The summed E-state index contributed by atoms with van der Waals surface area (Å²) in [5, 5.41) is 3.49. The van der Waals surface area contributed by atoms with Crippen LogP contribution < -0.4 is 5.32 Å². The highest BCUT2D eigenvalue weighted by Crippen LogP contribution is 2.39. The van der Waals surface area contributed by atoms with Crippen molar-refractivity contribution in [3.05, 3.63) is 33.8 Å². The standard InChI is InChI=1S/C16H23BrN2/c1-13-10-15(17)3-2-14(13)11-19-9-6-16(12-19)4-7-18-8-5-16/h2-3,10,18H,4-9,11-12H2,1H3. The molecule has 0 atom stereocenters. The summed E-state index contributed by atoms with van der Waals surface area (Å²) in [5.74, 6) is 0. The first-order valence-corrected chi connectivity index (χ1v) is 8.14. The number of benzene rings is 1. The number of rotatable bonds is 2. The van der Waals surface area contributed by atoms with Gasteiger partial charge >= 0.3 is 0 Å². The Balaban J connectivity index is 1.65. The van der Waals surface area contributed by atoms with Gasteiger partial charge in [-0.15, -0.1) is 0 Å².